The van der Waals surface area contributed by atoms with Gasteiger partial charge in [-0.2, -0.15) is 0 Å². The fraction of sp³-hybridized carbons (Fsp3) is 0.115. The minimum atomic E-state index is 0.528. The number of methoxy groups -OCH3 is 1. The van der Waals surface area contributed by atoms with Crippen molar-refractivity contribution in [1.29, 1.82) is 0 Å². The highest BCUT2D eigenvalue weighted by Gasteiger charge is 2.18. The topological polar surface area (TPSA) is 25.4 Å². The number of pyridine rings is 1. The molecule has 4 aromatic rings. The summed E-state index contributed by atoms with van der Waals surface area (Å²) in [5.74, 6) is 0.528. The van der Waals surface area contributed by atoms with Crippen LogP contribution in [0.25, 0.3) is 33.4 Å². The zero-order chi connectivity index (χ0) is 22.8. The normalized spacial score (nSPS) is 10.8. The van der Waals surface area contributed by atoms with E-state index in [9.17, 15) is 0 Å². The third-order valence-electron chi connectivity index (χ3n) is 5.25. The molecule has 0 amide bonds. The van der Waals surface area contributed by atoms with Gasteiger partial charge in [0.2, 0.25) is 5.88 Å². The molecule has 3 nitrogen and oxygen atoms in total. The minimum Gasteiger partial charge on any atom is -0.481 e. The predicted molar refractivity (Wildman–Crippen MR) is 136 cm³/mol. The second kappa shape index (κ2) is 9.41. The van der Waals surface area contributed by atoms with Gasteiger partial charge in [-0.1, -0.05) is 53.0 Å². The summed E-state index contributed by atoms with van der Waals surface area (Å²) in [5, 5.41) is 1.92. The average Bonchev–Trinajstić information content (AvgIpc) is 2.80. The summed E-state index contributed by atoms with van der Waals surface area (Å²) in [6, 6.07) is 21.4. The summed E-state index contributed by atoms with van der Waals surface area (Å²) >= 11 is 19.0. The van der Waals surface area contributed by atoms with Crippen LogP contribution in [0.4, 0.5) is 5.69 Å². The van der Waals surface area contributed by atoms with Crippen LogP contribution >= 0.6 is 34.8 Å². The molecule has 0 aliphatic rings. The summed E-state index contributed by atoms with van der Waals surface area (Å²) in [4.78, 5) is 6.63. The lowest BCUT2D eigenvalue weighted by Crippen LogP contribution is -2.08. The third kappa shape index (κ3) is 4.56. The second-order valence-electron chi connectivity index (χ2n) is 7.54. The van der Waals surface area contributed by atoms with Crippen LogP contribution in [0.5, 0.6) is 5.88 Å². The van der Waals surface area contributed by atoms with E-state index in [0.717, 1.165) is 39.1 Å². The number of nitrogens with zero attached hydrogens (tertiary/aromatic N) is 2. The monoisotopic (exact) mass is 482 g/mol. The van der Waals surface area contributed by atoms with E-state index in [1.54, 1.807) is 19.4 Å². The zero-order valence-electron chi connectivity index (χ0n) is 17.9. The Balaban J connectivity index is 1.97. The van der Waals surface area contributed by atoms with E-state index in [2.05, 4.69) is 29.2 Å². The lowest BCUT2D eigenvalue weighted by atomic mass is 9.93. The summed E-state index contributed by atoms with van der Waals surface area (Å²) in [6.07, 6.45) is 1.80. The van der Waals surface area contributed by atoms with Crippen molar-refractivity contribution in [2.24, 2.45) is 0 Å². The zero-order valence-corrected chi connectivity index (χ0v) is 20.1. The van der Waals surface area contributed by atoms with Crippen LogP contribution < -0.4 is 9.64 Å². The van der Waals surface area contributed by atoms with E-state index < -0.39 is 0 Å². The molecule has 0 N–H and O–H groups in total. The van der Waals surface area contributed by atoms with Crippen LogP contribution in [0.15, 0.2) is 72.9 Å². The van der Waals surface area contributed by atoms with E-state index >= 15 is 0 Å². The molecule has 0 aliphatic heterocycles. The molecule has 3 aromatic carbocycles. The molecular formula is C26H21Cl3N2O. The van der Waals surface area contributed by atoms with Crippen molar-refractivity contribution in [3.8, 4) is 39.3 Å². The highest BCUT2D eigenvalue weighted by molar-refractivity contribution is 6.35. The molecule has 0 saturated carbocycles. The molecule has 1 aromatic heterocycles. The minimum absolute atomic E-state index is 0.528. The van der Waals surface area contributed by atoms with Gasteiger partial charge >= 0.3 is 0 Å². The van der Waals surface area contributed by atoms with Crippen molar-refractivity contribution in [2.75, 3.05) is 26.1 Å². The molecule has 0 spiro atoms. The van der Waals surface area contributed by atoms with Gasteiger partial charge in [0.25, 0.3) is 0 Å². The van der Waals surface area contributed by atoms with Gasteiger partial charge in [0.15, 0.2) is 0 Å². The van der Waals surface area contributed by atoms with Gasteiger partial charge in [-0.05, 0) is 65.2 Å². The van der Waals surface area contributed by atoms with E-state index in [4.69, 9.17) is 39.5 Å². The third-order valence-corrected chi connectivity index (χ3v) is 6.07. The summed E-state index contributed by atoms with van der Waals surface area (Å²) in [6.45, 7) is 0. The number of hydrogen-bond donors (Lipinski definition) is 0. The van der Waals surface area contributed by atoms with Crippen molar-refractivity contribution >= 4 is 40.5 Å². The van der Waals surface area contributed by atoms with Crippen LogP contribution in [0.3, 0.4) is 0 Å². The first-order valence-electron chi connectivity index (χ1n) is 9.94. The first kappa shape index (κ1) is 22.5. The van der Waals surface area contributed by atoms with Gasteiger partial charge < -0.3 is 9.64 Å². The van der Waals surface area contributed by atoms with Crippen LogP contribution in [0, 0.1) is 0 Å². The fourth-order valence-corrected chi connectivity index (χ4v) is 4.10. The van der Waals surface area contributed by atoms with Gasteiger partial charge in [0, 0.05) is 57.7 Å². The standard InChI is InChI=1S/C26H21Cl3N2O/c1-31(2)20-9-10-21(22(14-20)23-13-19(28)8-11-25(23)29)24-12-17(15-30-26(24)32-3)16-4-6-18(27)7-5-16/h4-15H,1-3H3. The first-order chi connectivity index (χ1) is 15.4. The Kier molecular flexibility index (Phi) is 6.61. The van der Waals surface area contributed by atoms with Crippen molar-refractivity contribution < 1.29 is 4.74 Å². The Morgan fingerprint density at radius 1 is 0.688 bits per heavy atom. The summed E-state index contributed by atoms with van der Waals surface area (Å²) < 4.78 is 5.63. The Morgan fingerprint density at radius 3 is 2.09 bits per heavy atom. The number of ether oxygens (including phenoxy) is 1. The van der Waals surface area contributed by atoms with Crippen molar-refractivity contribution in [3.63, 3.8) is 0 Å². The van der Waals surface area contributed by atoms with Crippen LogP contribution in [0.1, 0.15) is 0 Å². The molecule has 32 heavy (non-hydrogen) atoms. The molecule has 0 unspecified atom stereocenters. The molecule has 6 heteroatoms. The number of halogens is 3. The Morgan fingerprint density at radius 2 is 1.41 bits per heavy atom. The Labute approximate surface area is 203 Å². The molecule has 0 bridgehead atoms. The molecule has 4 rings (SSSR count). The van der Waals surface area contributed by atoms with Gasteiger partial charge in [0.05, 0.1) is 7.11 Å². The van der Waals surface area contributed by atoms with E-state index in [1.165, 1.54) is 0 Å². The number of hydrogen-bond acceptors (Lipinski definition) is 3. The van der Waals surface area contributed by atoms with Crippen LogP contribution in [0.2, 0.25) is 15.1 Å². The fourth-order valence-electron chi connectivity index (χ4n) is 3.58. The van der Waals surface area contributed by atoms with Crippen LogP contribution in [-0.4, -0.2) is 26.2 Å². The highest BCUT2D eigenvalue weighted by atomic mass is 35.5. The van der Waals surface area contributed by atoms with Gasteiger partial charge in [-0.15, -0.1) is 0 Å². The summed E-state index contributed by atoms with van der Waals surface area (Å²) in [7, 11) is 5.62. The quantitative estimate of drug-likeness (QED) is 0.286. The molecule has 0 atom stereocenters. The van der Waals surface area contributed by atoms with Crippen molar-refractivity contribution in [2.45, 2.75) is 0 Å². The van der Waals surface area contributed by atoms with E-state index in [1.807, 2.05) is 55.4 Å². The highest BCUT2D eigenvalue weighted by Crippen LogP contribution is 2.42. The van der Waals surface area contributed by atoms with E-state index in [-0.39, 0.29) is 0 Å². The second-order valence-corrected chi connectivity index (χ2v) is 8.82. The van der Waals surface area contributed by atoms with Gasteiger partial charge in [-0.25, -0.2) is 4.98 Å². The van der Waals surface area contributed by atoms with Crippen molar-refractivity contribution in [3.05, 3.63) is 88.0 Å². The number of aromatic nitrogens is 1. The average molecular weight is 484 g/mol. The first-order valence-corrected chi connectivity index (χ1v) is 11.1. The smallest absolute Gasteiger partial charge is 0.221 e. The summed E-state index contributed by atoms with van der Waals surface area (Å²) in [5.41, 5.74) is 6.60. The van der Waals surface area contributed by atoms with Crippen LogP contribution in [-0.2, 0) is 0 Å². The maximum atomic E-state index is 6.61. The number of anilines is 1. The number of rotatable bonds is 5. The lowest BCUT2D eigenvalue weighted by Gasteiger charge is -2.19. The molecule has 162 valence electrons. The molecule has 0 fully saturated rings. The van der Waals surface area contributed by atoms with Crippen molar-refractivity contribution in [1.82, 2.24) is 4.98 Å². The van der Waals surface area contributed by atoms with E-state index in [0.29, 0.717) is 20.9 Å². The maximum absolute atomic E-state index is 6.61. The molecule has 1 heterocycles. The van der Waals surface area contributed by atoms with Gasteiger partial charge in [-0.3, -0.25) is 0 Å². The largest absolute Gasteiger partial charge is 0.481 e. The number of benzene rings is 3. The van der Waals surface area contributed by atoms with Gasteiger partial charge in [0.1, 0.15) is 0 Å². The molecule has 0 aliphatic carbocycles. The maximum Gasteiger partial charge on any atom is 0.221 e. The molecular weight excluding hydrogens is 463 g/mol. The molecule has 0 radical (unpaired) electrons. The SMILES string of the molecule is COc1ncc(-c2ccc(Cl)cc2)cc1-c1ccc(N(C)C)cc1-c1cc(Cl)ccc1Cl. The predicted octanol–water partition coefficient (Wildman–Crippen LogP) is 8.12. The molecule has 0 saturated heterocycles. The Hall–Kier alpha value is -2.72. The Bertz CT molecular complexity index is 1270. The lowest BCUT2D eigenvalue weighted by molar-refractivity contribution is 0.400.